The molecule has 2 aromatic rings. The Morgan fingerprint density at radius 2 is 1.71 bits per heavy atom. The summed E-state index contributed by atoms with van der Waals surface area (Å²) in [5.41, 5.74) is 6.08. The van der Waals surface area contributed by atoms with Crippen LogP contribution in [0.15, 0.2) is 53.0 Å². The van der Waals surface area contributed by atoms with Crippen LogP contribution in [0.25, 0.3) is 0 Å². The largest absolute Gasteiger partial charge is 0.457 e. The van der Waals surface area contributed by atoms with Crippen molar-refractivity contribution in [1.82, 2.24) is 0 Å². The Labute approximate surface area is 108 Å². The number of ether oxygens (including phenoxy) is 1. The molecule has 0 unspecified atom stereocenters. The van der Waals surface area contributed by atoms with E-state index in [1.165, 1.54) is 0 Å². The quantitative estimate of drug-likeness (QED) is 0.671. The minimum atomic E-state index is -0.00212. The molecule has 0 saturated heterocycles. The molecule has 0 fully saturated rings. The maximum atomic E-state index is 7.47. The molecule has 3 N–H and O–H groups in total. The van der Waals surface area contributed by atoms with Crippen molar-refractivity contribution < 1.29 is 4.74 Å². The molecule has 2 rings (SSSR count). The second-order valence-electron chi connectivity index (χ2n) is 3.47. The van der Waals surface area contributed by atoms with Gasteiger partial charge in [0.05, 0.1) is 5.56 Å². The molecule has 0 heterocycles. The first-order valence-electron chi connectivity index (χ1n) is 5.03. The molecule has 17 heavy (non-hydrogen) atoms. The van der Waals surface area contributed by atoms with Gasteiger partial charge in [-0.05, 0) is 36.4 Å². The second kappa shape index (κ2) is 5.01. The van der Waals surface area contributed by atoms with Gasteiger partial charge < -0.3 is 10.5 Å². The Hall–Kier alpha value is -1.81. The van der Waals surface area contributed by atoms with Crippen LogP contribution >= 0.6 is 15.9 Å². The van der Waals surface area contributed by atoms with Gasteiger partial charge in [-0.2, -0.15) is 0 Å². The minimum Gasteiger partial charge on any atom is -0.457 e. The Kier molecular flexibility index (Phi) is 3.44. The fourth-order valence-electron chi connectivity index (χ4n) is 1.41. The standard InChI is InChI=1S/C13H11BrN2O/c14-9-5-7-10(8-6-9)17-12-4-2-1-3-11(12)13(15)16/h1-8H,(H3,15,16). The van der Waals surface area contributed by atoms with Gasteiger partial charge in [-0.15, -0.1) is 0 Å². The van der Waals surface area contributed by atoms with Gasteiger partial charge in [-0.25, -0.2) is 0 Å². The lowest BCUT2D eigenvalue weighted by molar-refractivity contribution is 0.481. The number of hydrogen-bond donors (Lipinski definition) is 2. The number of nitrogens with two attached hydrogens (primary N) is 1. The summed E-state index contributed by atoms with van der Waals surface area (Å²) in [6, 6.07) is 14.7. The molecular weight excluding hydrogens is 280 g/mol. The molecule has 0 amide bonds. The maximum absolute atomic E-state index is 7.47. The third kappa shape index (κ3) is 2.85. The maximum Gasteiger partial charge on any atom is 0.138 e. The van der Waals surface area contributed by atoms with Crippen molar-refractivity contribution in [2.24, 2.45) is 5.73 Å². The molecule has 0 saturated carbocycles. The van der Waals surface area contributed by atoms with Crippen molar-refractivity contribution in [2.45, 2.75) is 0 Å². The zero-order valence-corrected chi connectivity index (χ0v) is 10.6. The summed E-state index contributed by atoms with van der Waals surface area (Å²) >= 11 is 3.36. The van der Waals surface area contributed by atoms with Crippen molar-refractivity contribution in [1.29, 1.82) is 5.41 Å². The molecule has 0 aliphatic heterocycles. The van der Waals surface area contributed by atoms with Gasteiger partial charge in [0.15, 0.2) is 0 Å². The Morgan fingerprint density at radius 3 is 2.35 bits per heavy atom. The molecule has 0 radical (unpaired) electrons. The predicted molar refractivity (Wildman–Crippen MR) is 71.7 cm³/mol. The molecule has 3 nitrogen and oxygen atoms in total. The zero-order valence-electron chi connectivity index (χ0n) is 8.98. The van der Waals surface area contributed by atoms with Gasteiger partial charge in [0.1, 0.15) is 17.3 Å². The molecule has 86 valence electrons. The lowest BCUT2D eigenvalue weighted by Crippen LogP contribution is -2.12. The third-order valence-corrected chi connectivity index (χ3v) is 2.75. The number of benzene rings is 2. The Balaban J connectivity index is 2.30. The summed E-state index contributed by atoms with van der Waals surface area (Å²) in [4.78, 5) is 0. The van der Waals surface area contributed by atoms with E-state index in [2.05, 4.69) is 15.9 Å². The van der Waals surface area contributed by atoms with Crippen LogP contribution in [-0.4, -0.2) is 5.84 Å². The van der Waals surface area contributed by atoms with Crippen molar-refractivity contribution >= 4 is 21.8 Å². The van der Waals surface area contributed by atoms with E-state index < -0.39 is 0 Å². The van der Waals surface area contributed by atoms with Crippen LogP contribution in [-0.2, 0) is 0 Å². The number of para-hydroxylation sites is 1. The average molecular weight is 291 g/mol. The molecule has 0 atom stereocenters. The van der Waals surface area contributed by atoms with Crippen LogP contribution in [0, 0.1) is 5.41 Å². The molecule has 0 aromatic heterocycles. The normalized spacial score (nSPS) is 9.94. The number of hydrogen-bond acceptors (Lipinski definition) is 2. The molecule has 4 heteroatoms. The average Bonchev–Trinajstić information content (AvgIpc) is 2.32. The smallest absolute Gasteiger partial charge is 0.138 e. The number of halogens is 1. The topological polar surface area (TPSA) is 59.1 Å². The summed E-state index contributed by atoms with van der Waals surface area (Å²) < 4.78 is 6.67. The lowest BCUT2D eigenvalue weighted by Gasteiger charge is -2.09. The van der Waals surface area contributed by atoms with Crippen LogP contribution in [0.2, 0.25) is 0 Å². The lowest BCUT2D eigenvalue weighted by atomic mass is 10.2. The summed E-state index contributed by atoms with van der Waals surface area (Å²) in [6.45, 7) is 0. The highest BCUT2D eigenvalue weighted by Crippen LogP contribution is 2.25. The zero-order chi connectivity index (χ0) is 12.3. The van der Waals surface area contributed by atoms with E-state index in [9.17, 15) is 0 Å². The van der Waals surface area contributed by atoms with Gasteiger partial charge in [0.2, 0.25) is 0 Å². The molecule has 2 aromatic carbocycles. The van der Waals surface area contributed by atoms with Crippen LogP contribution in [0.1, 0.15) is 5.56 Å². The third-order valence-electron chi connectivity index (χ3n) is 2.22. The van der Waals surface area contributed by atoms with Crippen molar-refractivity contribution in [3.05, 3.63) is 58.6 Å². The van der Waals surface area contributed by atoms with E-state index in [-0.39, 0.29) is 5.84 Å². The highest BCUT2D eigenvalue weighted by Gasteiger charge is 2.06. The fraction of sp³-hybridized carbons (Fsp3) is 0. The highest BCUT2D eigenvalue weighted by atomic mass is 79.9. The van der Waals surface area contributed by atoms with E-state index in [0.29, 0.717) is 17.1 Å². The van der Waals surface area contributed by atoms with E-state index in [0.717, 1.165) is 4.47 Å². The number of amidine groups is 1. The highest BCUT2D eigenvalue weighted by molar-refractivity contribution is 9.10. The summed E-state index contributed by atoms with van der Waals surface area (Å²) in [7, 11) is 0. The van der Waals surface area contributed by atoms with Gasteiger partial charge in [0, 0.05) is 4.47 Å². The van der Waals surface area contributed by atoms with Gasteiger partial charge in [-0.1, -0.05) is 28.1 Å². The SMILES string of the molecule is N=C(N)c1ccccc1Oc1ccc(Br)cc1. The molecule has 0 bridgehead atoms. The van der Waals surface area contributed by atoms with Gasteiger partial charge >= 0.3 is 0 Å². The molecule has 0 spiro atoms. The van der Waals surface area contributed by atoms with Crippen LogP contribution in [0.5, 0.6) is 11.5 Å². The molecular formula is C13H11BrN2O. The predicted octanol–water partition coefficient (Wildman–Crippen LogP) is 3.53. The Bertz CT molecular complexity index is 537. The van der Waals surface area contributed by atoms with Gasteiger partial charge in [-0.3, -0.25) is 5.41 Å². The van der Waals surface area contributed by atoms with E-state index >= 15 is 0 Å². The fourth-order valence-corrected chi connectivity index (χ4v) is 1.67. The summed E-state index contributed by atoms with van der Waals surface area (Å²) in [5.74, 6) is 1.29. The van der Waals surface area contributed by atoms with Crippen LogP contribution < -0.4 is 10.5 Å². The molecule has 0 aliphatic carbocycles. The minimum absolute atomic E-state index is 0.00212. The molecule has 0 aliphatic rings. The monoisotopic (exact) mass is 290 g/mol. The first kappa shape index (κ1) is 11.7. The van der Waals surface area contributed by atoms with E-state index in [4.69, 9.17) is 15.9 Å². The number of rotatable bonds is 3. The Morgan fingerprint density at radius 1 is 1.06 bits per heavy atom. The summed E-state index contributed by atoms with van der Waals surface area (Å²) in [5, 5.41) is 7.47. The van der Waals surface area contributed by atoms with Crippen LogP contribution in [0.4, 0.5) is 0 Å². The van der Waals surface area contributed by atoms with Crippen LogP contribution in [0.3, 0.4) is 0 Å². The van der Waals surface area contributed by atoms with E-state index in [1.54, 1.807) is 12.1 Å². The first-order chi connectivity index (χ1) is 8.16. The number of nitrogen functional groups attached to an aromatic ring is 1. The van der Waals surface area contributed by atoms with Crippen molar-refractivity contribution in [3.8, 4) is 11.5 Å². The number of nitrogens with one attached hydrogen (secondary N) is 1. The van der Waals surface area contributed by atoms with Crippen molar-refractivity contribution in [3.63, 3.8) is 0 Å². The second-order valence-corrected chi connectivity index (χ2v) is 4.38. The summed E-state index contributed by atoms with van der Waals surface area (Å²) in [6.07, 6.45) is 0. The van der Waals surface area contributed by atoms with Crippen molar-refractivity contribution in [2.75, 3.05) is 0 Å². The van der Waals surface area contributed by atoms with E-state index in [1.807, 2.05) is 36.4 Å². The van der Waals surface area contributed by atoms with Gasteiger partial charge in [0.25, 0.3) is 0 Å². The first-order valence-corrected chi connectivity index (χ1v) is 5.83.